The maximum absolute atomic E-state index is 12.9. The number of anilines is 1. The van der Waals surface area contributed by atoms with Crippen molar-refractivity contribution in [1.82, 2.24) is 9.97 Å². The second-order valence-electron chi connectivity index (χ2n) is 6.25. The summed E-state index contributed by atoms with van der Waals surface area (Å²) in [6.07, 6.45) is 2.74. The van der Waals surface area contributed by atoms with E-state index in [0.717, 1.165) is 0 Å². The van der Waals surface area contributed by atoms with E-state index in [1.54, 1.807) is 32.2 Å². The molecule has 3 N–H and O–H groups in total. The number of nitrogens with zero attached hydrogens (tertiary/aromatic N) is 2. The van der Waals surface area contributed by atoms with Gasteiger partial charge in [0, 0.05) is 18.0 Å². The fourth-order valence-electron chi connectivity index (χ4n) is 2.71. The number of amides is 1. The van der Waals surface area contributed by atoms with E-state index >= 15 is 0 Å². The lowest BCUT2D eigenvalue weighted by Gasteiger charge is -2.09. The number of benzene rings is 1. The number of methoxy groups -OCH3 is 1. The number of nitrogens with two attached hydrogens (primary N) is 1. The summed E-state index contributed by atoms with van der Waals surface area (Å²) in [6, 6.07) is 4.61. The Labute approximate surface area is 207 Å². The minimum absolute atomic E-state index is 0. The molecule has 1 atom stereocenters. The van der Waals surface area contributed by atoms with Crippen LogP contribution in [0.5, 0.6) is 11.5 Å². The van der Waals surface area contributed by atoms with E-state index in [9.17, 15) is 4.79 Å². The Morgan fingerprint density at radius 1 is 1.22 bits per heavy atom. The Balaban J connectivity index is 0.00000256. The van der Waals surface area contributed by atoms with Gasteiger partial charge in [-0.25, -0.2) is 4.98 Å². The first-order chi connectivity index (χ1) is 14.3. The molecule has 8 nitrogen and oxygen atoms in total. The van der Waals surface area contributed by atoms with Crippen LogP contribution in [-0.2, 0) is 0 Å². The predicted molar refractivity (Wildman–Crippen MR) is 129 cm³/mol. The van der Waals surface area contributed by atoms with E-state index in [-0.39, 0.29) is 57.9 Å². The number of oxazole rings is 1. The summed E-state index contributed by atoms with van der Waals surface area (Å²) < 4.78 is 16.7. The summed E-state index contributed by atoms with van der Waals surface area (Å²) in [6.45, 7) is 4.01. The van der Waals surface area contributed by atoms with Gasteiger partial charge in [0.2, 0.25) is 5.89 Å². The monoisotopic (exact) mass is 522 g/mol. The molecular weight excluding hydrogens is 502 g/mol. The van der Waals surface area contributed by atoms with E-state index in [2.05, 4.69) is 15.3 Å². The summed E-state index contributed by atoms with van der Waals surface area (Å²) in [5, 5.41) is 3.03. The second-order valence-corrected chi connectivity index (χ2v) is 7.07. The van der Waals surface area contributed by atoms with Gasteiger partial charge < -0.3 is 24.9 Å². The van der Waals surface area contributed by atoms with Crippen molar-refractivity contribution >= 4 is 59.6 Å². The summed E-state index contributed by atoms with van der Waals surface area (Å²) in [5.41, 5.74) is 6.85. The molecule has 2 aromatic heterocycles. The lowest BCUT2D eigenvalue weighted by atomic mass is 10.2. The maximum Gasteiger partial charge on any atom is 0.278 e. The smallest absolute Gasteiger partial charge is 0.278 e. The van der Waals surface area contributed by atoms with Crippen LogP contribution >= 0.6 is 48.0 Å². The van der Waals surface area contributed by atoms with Gasteiger partial charge >= 0.3 is 0 Å². The van der Waals surface area contributed by atoms with Crippen LogP contribution in [0, 0.1) is 0 Å². The molecule has 12 heteroatoms. The highest BCUT2D eigenvalue weighted by Crippen LogP contribution is 2.34. The van der Waals surface area contributed by atoms with Crippen LogP contribution in [0.4, 0.5) is 5.69 Å². The van der Waals surface area contributed by atoms with Crippen molar-refractivity contribution < 1.29 is 18.7 Å². The minimum atomic E-state index is -0.583. The van der Waals surface area contributed by atoms with Crippen LogP contribution in [0.2, 0.25) is 10.0 Å². The Morgan fingerprint density at radius 2 is 1.88 bits per heavy atom. The van der Waals surface area contributed by atoms with Gasteiger partial charge in [-0.2, -0.15) is 0 Å². The number of halogens is 4. The Kier molecular flexibility index (Phi) is 10.5. The number of carbonyl (C=O) groups is 1. The number of aromatic nitrogens is 2. The van der Waals surface area contributed by atoms with Crippen LogP contribution in [-0.4, -0.2) is 29.6 Å². The fourth-order valence-corrected chi connectivity index (χ4v) is 3.17. The zero-order valence-corrected chi connectivity index (χ0v) is 20.5. The van der Waals surface area contributed by atoms with E-state index in [1.165, 1.54) is 12.4 Å². The summed E-state index contributed by atoms with van der Waals surface area (Å²) >= 11 is 12.2. The first-order valence-electron chi connectivity index (χ1n) is 9.03. The molecule has 1 unspecified atom stereocenters. The number of carbonyl (C=O) groups excluding carboxylic acids is 1. The first kappa shape index (κ1) is 27.8. The number of rotatable bonds is 7. The normalized spacial score (nSPS) is 11.1. The predicted octanol–water partition coefficient (Wildman–Crippen LogP) is 5.57. The number of hydrogen-bond donors (Lipinski definition) is 2. The highest BCUT2D eigenvalue weighted by atomic mass is 35.5. The van der Waals surface area contributed by atoms with Crippen molar-refractivity contribution in [1.29, 1.82) is 0 Å². The molecule has 0 radical (unpaired) electrons. The molecule has 3 rings (SSSR count). The Hall–Kier alpha value is -2.23. The third-order valence-corrected chi connectivity index (χ3v) is 4.66. The first-order valence-corrected chi connectivity index (χ1v) is 9.79. The maximum atomic E-state index is 12.9. The number of nitrogens with one attached hydrogen (secondary N) is 1. The molecule has 174 valence electrons. The van der Waals surface area contributed by atoms with Crippen LogP contribution < -0.4 is 20.5 Å². The molecule has 2 heterocycles. The highest BCUT2D eigenvalue weighted by Gasteiger charge is 2.25. The average molecular weight is 524 g/mol. The Bertz CT molecular complexity index is 1060. The largest absolute Gasteiger partial charge is 0.493 e. The third kappa shape index (κ3) is 5.96. The van der Waals surface area contributed by atoms with Crippen molar-refractivity contribution in [2.45, 2.75) is 19.9 Å². The summed E-state index contributed by atoms with van der Waals surface area (Å²) in [4.78, 5) is 21.1. The van der Waals surface area contributed by atoms with Crippen LogP contribution in [0.15, 0.2) is 35.0 Å². The van der Waals surface area contributed by atoms with Gasteiger partial charge in [-0.1, -0.05) is 23.2 Å². The molecule has 0 saturated carbocycles. The third-order valence-electron chi connectivity index (χ3n) is 4.08. The topological polar surface area (TPSA) is 112 Å². The Morgan fingerprint density at radius 3 is 2.44 bits per heavy atom. The lowest BCUT2D eigenvalue weighted by molar-refractivity contribution is 0.102. The molecule has 0 fully saturated rings. The quantitative estimate of drug-likeness (QED) is 0.416. The molecule has 0 aliphatic heterocycles. The van der Waals surface area contributed by atoms with Crippen LogP contribution in [0.25, 0.3) is 11.5 Å². The molecule has 0 saturated heterocycles. The molecule has 1 aromatic carbocycles. The molecule has 0 spiro atoms. The van der Waals surface area contributed by atoms with E-state index in [1.807, 2.05) is 6.92 Å². The van der Waals surface area contributed by atoms with Crippen molar-refractivity contribution in [2.75, 3.05) is 19.0 Å². The van der Waals surface area contributed by atoms with Crippen molar-refractivity contribution in [2.24, 2.45) is 5.73 Å². The number of ether oxygens (including phenoxy) is 2. The van der Waals surface area contributed by atoms with Gasteiger partial charge in [-0.3, -0.25) is 9.78 Å². The lowest BCUT2D eigenvalue weighted by Crippen LogP contribution is -2.17. The highest BCUT2D eigenvalue weighted by molar-refractivity contribution is 6.39. The molecule has 0 bridgehead atoms. The SMILES string of the molecule is CCOc1cc(-c2nc(C(=O)Nc3c(Cl)cncc3Cl)c(C(C)N)o2)ccc1OC.Cl.Cl. The van der Waals surface area contributed by atoms with Gasteiger partial charge in [-0.05, 0) is 32.0 Å². The van der Waals surface area contributed by atoms with Gasteiger partial charge in [0.05, 0.1) is 35.5 Å². The molecule has 3 aromatic rings. The van der Waals surface area contributed by atoms with E-state index in [0.29, 0.717) is 23.7 Å². The van der Waals surface area contributed by atoms with Crippen LogP contribution in [0.1, 0.15) is 36.1 Å². The van der Waals surface area contributed by atoms with Crippen molar-refractivity contribution in [3.8, 4) is 23.0 Å². The molecule has 32 heavy (non-hydrogen) atoms. The van der Waals surface area contributed by atoms with Gasteiger partial charge in [-0.15, -0.1) is 24.8 Å². The molecule has 0 aliphatic carbocycles. The summed E-state index contributed by atoms with van der Waals surface area (Å²) in [7, 11) is 1.55. The summed E-state index contributed by atoms with van der Waals surface area (Å²) in [5.74, 6) is 0.963. The molecular formula is C20H22Cl4N4O4. The van der Waals surface area contributed by atoms with Gasteiger partial charge in [0.15, 0.2) is 23.0 Å². The number of hydrogen-bond acceptors (Lipinski definition) is 7. The van der Waals surface area contributed by atoms with E-state index in [4.69, 9.17) is 42.8 Å². The zero-order valence-electron chi connectivity index (χ0n) is 17.3. The zero-order chi connectivity index (χ0) is 21.8. The van der Waals surface area contributed by atoms with E-state index < -0.39 is 11.9 Å². The van der Waals surface area contributed by atoms with Crippen LogP contribution in [0.3, 0.4) is 0 Å². The van der Waals surface area contributed by atoms with Crippen molar-refractivity contribution in [3.05, 3.63) is 52.1 Å². The minimum Gasteiger partial charge on any atom is -0.493 e. The van der Waals surface area contributed by atoms with Gasteiger partial charge in [0.1, 0.15) is 0 Å². The molecule has 0 aliphatic rings. The standard InChI is InChI=1S/C20H20Cl2N4O4.2ClH/c1-4-29-15-7-11(5-6-14(15)28-3)20-26-17(18(30-20)10(2)23)19(27)25-16-12(21)8-24-9-13(16)22;;/h5-10H,4,23H2,1-3H3,(H,24,25,27);2*1H. The van der Waals surface area contributed by atoms with Crippen molar-refractivity contribution in [3.63, 3.8) is 0 Å². The van der Waals surface area contributed by atoms with Gasteiger partial charge in [0.25, 0.3) is 5.91 Å². The number of pyridine rings is 1. The average Bonchev–Trinajstić information content (AvgIpc) is 3.17. The molecule has 1 amide bonds. The second kappa shape index (κ2) is 12.1. The fraction of sp³-hybridized carbons (Fsp3) is 0.250.